The van der Waals surface area contributed by atoms with E-state index < -0.39 is 0 Å². The fourth-order valence-corrected chi connectivity index (χ4v) is 2.74. The third-order valence-electron chi connectivity index (χ3n) is 1.34. The highest BCUT2D eigenvalue weighted by molar-refractivity contribution is 8.76. The minimum absolute atomic E-state index is 0.580. The van der Waals surface area contributed by atoms with Crippen LogP contribution in [-0.4, -0.2) is 5.25 Å². The molecule has 0 heterocycles. The highest BCUT2D eigenvalue weighted by Gasteiger charge is 2.02. The Kier molecular flexibility index (Phi) is 4.20. The summed E-state index contributed by atoms with van der Waals surface area (Å²) in [7, 11) is 3.45. The Labute approximate surface area is 86.9 Å². The maximum absolute atomic E-state index is 8.81. The van der Waals surface area contributed by atoms with Gasteiger partial charge in [-0.2, -0.15) is 5.26 Å². The van der Waals surface area contributed by atoms with E-state index in [4.69, 9.17) is 5.26 Å². The summed E-state index contributed by atoms with van der Waals surface area (Å²) >= 11 is 0. The van der Waals surface area contributed by atoms with Crippen LogP contribution in [0.25, 0.3) is 0 Å². The number of benzene rings is 1. The Morgan fingerprint density at radius 1 is 1.31 bits per heavy atom. The predicted octanol–water partition coefficient (Wildman–Crippen LogP) is 3.71. The summed E-state index contributed by atoms with van der Waals surface area (Å²) in [6, 6.07) is 9.87. The summed E-state index contributed by atoms with van der Waals surface area (Å²) in [5, 5.41) is 9.39. The highest BCUT2D eigenvalue weighted by atomic mass is 33.1. The first-order chi connectivity index (χ1) is 6.24. The van der Waals surface area contributed by atoms with Crippen molar-refractivity contribution in [2.24, 2.45) is 0 Å². The quantitative estimate of drug-likeness (QED) is 0.709. The van der Waals surface area contributed by atoms with Gasteiger partial charge in [0.1, 0.15) is 6.07 Å². The number of rotatable bonds is 3. The second kappa shape index (κ2) is 5.21. The average molecular weight is 209 g/mol. The van der Waals surface area contributed by atoms with E-state index in [9.17, 15) is 0 Å². The molecule has 13 heavy (non-hydrogen) atoms. The van der Waals surface area contributed by atoms with Gasteiger partial charge in [-0.3, -0.25) is 0 Å². The summed E-state index contributed by atoms with van der Waals surface area (Å²) in [6.45, 7) is 4.29. The third kappa shape index (κ3) is 3.33. The molecule has 0 bridgehead atoms. The van der Waals surface area contributed by atoms with Gasteiger partial charge in [0.05, 0.1) is 5.56 Å². The van der Waals surface area contributed by atoms with E-state index >= 15 is 0 Å². The normalized spacial score (nSPS) is 10.0. The Morgan fingerprint density at radius 3 is 2.62 bits per heavy atom. The van der Waals surface area contributed by atoms with Crippen LogP contribution in [0.2, 0.25) is 0 Å². The summed E-state index contributed by atoms with van der Waals surface area (Å²) in [4.78, 5) is 1.06. The number of nitriles is 1. The zero-order chi connectivity index (χ0) is 9.68. The minimum Gasteiger partial charge on any atom is -0.192 e. The van der Waals surface area contributed by atoms with Crippen LogP contribution >= 0.6 is 21.6 Å². The summed E-state index contributed by atoms with van der Waals surface area (Å²) in [5.74, 6) is 0. The van der Waals surface area contributed by atoms with Crippen molar-refractivity contribution >= 4 is 21.6 Å². The van der Waals surface area contributed by atoms with Crippen LogP contribution in [0.4, 0.5) is 0 Å². The van der Waals surface area contributed by atoms with Gasteiger partial charge in [0, 0.05) is 10.1 Å². The number of hydrogen-bond donors (Lipinski definition) is 0. The molecule has 0 saturated heterocycles. The van der Waals surface area contributed by atoms with Crippen LogP contribution in [-0.2, 0) is 0 Å². The molecule has 0 N–H and O–H groups in total. The molecule has 0 saturated carbocycles. The molecule has 0 spiro atoms. The van der Waals surface area contributed by atoms with Crippen LogP contribution in [0.15, 0.2) is 29.2 Å². The Hall–Kier alpha value is -0.590. The van der Waals surface area contributed by atoms with Crippen molar-refractivity contribution in [3.05, 3.63) is 29.8 Å². The molecule has 1 rings (SSSR count). The van der Waals surface area contributed by atoms with Gasteiger partial charge in [-0.1, -0.05) is 47.6 Å². The first kappa shape index (κ1) is 10.5. The zero-order valence-corrected chi connectivity index (χ0v) is 9.28. The van der Waals surface area contributed by atoms with Crippen molar-refractivity contribution in [1.82, 2.24) is 0 Å². The van der Waals surface area contributed by atoms with E-state index in [1.54, 1.807) is 21.6 Å². The van der Waals surface area contributed by atoms with E-state index in [-0.39, 0.29) is 0 Å². The SMILES string of the molecule is CC(C)SSc1ccccc1C#N. The first-order valence-electron chi connectivity index (χ1n) is 4.06. The maximum atomic E-state index is 8.81. The fourth-order valence-electron chi connectivity index (χ4n) is 0.780. The van der Waals surface area contributed by atoms with Crippen LogP contribution in [0, 0.1) is 11.3 Å². The van der Waals surface area contributed by atoms with E-state index in [0.29, 0.717) is 5.25 Å². The zero-order valence-electron chi connectivity index (χ0n) is 7.65. The molecule has 0 atom stereocenters. The van der Waals surface area contributed by atoms with Crippen LogP contribution in [0.1, 0.15) is 19.4 Å². The maximum Gasteiger partial charge on any atom is 0.100 e. The van der Waals surface area contributed by atoms with Crippen LogP contribution < -0.4 is 0 Å². The molecule has 0 aliphatic heterocycles. The minimum atomic E-state index is 0.580. The lowest BCUT2D eigenvalue weighted by atomic mass is 10.2. The van der Waals surface area contributed by atoms with Crippen LogP contribution in [0.3, 0.4) is 0 Å². The number of nitrogens with zero attached hydrogens (tertiary/aromatic N) is 1. The summed E-state index contributed by atoms with van der Waals surface area (Å²) in [5.41, 5.74) is 0.764. The van der Waals surface area contributed by atoms with Crippen LogP contribution in [0.5, 0.6) is 0 Å². The van der Waals surface area contributed by atoms with Crippen molar-refractivity contribution in [2.45, 2.75) is 24.0 Å². The molecule has 68 valence electrons. The lowest BCUT2D eigenvalue weighted by Gasteiger charge is -2.04. The molecule has 1 aromatic rings. The Balaban J connectivity index is 2.71. The van der Waals surface area contributed by atoms with Gasteiger partial charge in [-0.05, 0) is 12.1 Å². The van der Waals surface area contributed by atoms with Gasteiger partial charge >= 0.3 is 0 Å². The lowest BCUT2D eigenvalue weighted by molar-refractivity contribution is 1.12. The van der Waals surface area contributed by atoms with Gasteiger partial charge < -0.3 is 0 Å². The molecule has 0 fully saturated rings. The van der Waals surface area contributed by atoms with E-state index in [0.717, 1.165) is 10.5 Å². The second-order valence-corrected chi connectivity index (χ2v) is 5.66. The van der Waals surface area contributed by atoms with Crippen molar-refractivity contribution in [1.29, 1.82) is 5.26 Å². The monoisotopic (exact) mass is 209 g/mol. The molecule has 0 aromatic heterocycles. The molecule has 0 aliphatic carbocycles. The second-order valence-electron chi connectivity index (χ2n) is 2.84. The van der Waals surface area contributed by atoms with E-state index in [2.05, 4.69) is 19.9 Å². The van der Waals surface area contributed by atoms with Gasteiger partial charge in [-0.25, -0.2) is 0 Å². The molecule has 3 heteroatoms. The van der Waals surface area contributed by atoms with Crippen molar-refractivity contribution in [2.75, 3.05) is 0 Å². The number of hydrogen-bond acceptors (Lipinski definition) is 3. The molecule has 0 aliphatic rings. The van der Waals surface area contributed by atoms with Gasteiger partial charge in [0.2, 0.25) is 0 Å². The Bertz CT molecular complexity index is 315. The molecule has 1 aromatic carbocycles. The predicted molar refractivity (Wildman–Crippen MR) is 59.7 cm³/mol. The van der Waals surface area contributed by atoms with E-state index in [1.807, 2.05) is 24.3 Å². The highest BCUT2D eigenvalue weighted by Crippen LogP contribution is 2.35. The molecule has 0 amide bonds. The smallest absolute Gasteiger partial charge is 0.100 e. The summed E-state index contributed by atoms with van der Waals surface area (Å²) in [6.07, 6.45) is 0. The van der Waals surface area contributed by atoms with Gasteiger partial charge in [0.25, 0.3) is 0 Å². The van der Waals surface area contributed by atoms with E-state index in [1.165, 1.54) is 0 Å². The summed E-state index contributed by atoms with van der Waals surface area (Å²) < 4.78 is 0. The molecule has 0 radical (unpaired) electrons. The van der Waals surface area contributed by atoms with Crippen molar-refractivity contribution in [3.63, 3.8) is 0 Å². The lowest BCUT2D eigenvalue weighted by Crippen LogP contribution is -1.83. The third-order valence-corrected chi connectivity index (χ3v) is 4.34. The molecule has 0 unspecified atom stereocenters. The molecular formula is C10H11NS2. The fraction of sp³-hybridized carbons (Fsp3) is 0.300. The first-order valence-corrected chi connectivity index (χ1v) is 6.28. The largest absolute Gasteiger partial charge is 0.192 e. The van der Waals surface area contributed by atoms with Crippen molar-refractivity contribution in [3.8, 4) is 6.07 Å². The average Bonchev–Trinajstić information content (AvgIpc) is 2.15. The standard InChI is InChI=1S/C10H11NS2/c1-8(2)12-13-10-6-4-3-5-9(10)7-11/h3-6,8H,1-2H3. The topological polar surface area (TPSA) is 23.8 Å². The van der Waals surface area contributed by atoms with Crippen molar-refractivity contribution < 1.29 is 0 Å². The molecular weight excluding hydrogens is 198 g/mol. The Morgan fingerprint density at radius 2 is 2.00 bits per heavy atom. The van der Waals surface area contributed by atoms with Gasteiger partial charge in [0.15, 0.2) is 0 Å². The van der Waals surface area contributed by atoms with Gasteiger partial charge in [-0.15, -0.1) is 0 Å². The molecule has 1 nitrogen and oxygen atoms in total.